The maximum atomic E-state index is 13.4. The average Bonchev–Trinajstić information content (AvgIpc) is 3.13. The Balaban J connectivity index is 1.90. The number of rotatable bonds is 5. The van der Waals surface area contributed by atoms with Gasteiger partial charge < -0.3 is 0 Å². The topological polar surface area (TPSA) is 37.4 Å². The molecule has 0 fully saturated rings. The molecule has 1 heterocycles. The highest BCUT2D eigenvalue weighted by Crippen LogP contribution is 2.47. The van der Waals surface area contributed by atoms with Crippen LogP contribution in [0.5, 0.6) is 0 Å². The first kappa shape index (κ1) is 18.6. The molecule has 3 aromatic carbocycles. The number of hydrogen-bond donors (Lipinski definition) is 0. The number of fused-ring (bicyclic) bond motifs is 1. The Morgan fingerprint density at radius 2 is 1.25 bits per heavy atom. The molecule has 0 radical (unpaired) electrons. The summed E-state index contributed by atoms with van der Waals surface area (Å²) in [5.74, 6) is -0.0581. The number of carbonyl (C=O) groups is 2. The zero-order valence-electron chi connectivity index (χ0n) is 15.0. The highest BCUT2D eigenvalue weighted by Gasteiger charge is 2.34. The standard InChI is InChI=1S/C23H17NO2S2/c25-21(16-9-3-1-4-10-16)20(22(26)17-11-5-2-6-12-17)23-24(15-27)18-13-7-8-14-19(18)28-23/h1-14,27H,15H2/p+1. The summed E-state index contributed by atoms with van der Waals surface area (Å²) >= 11 is 5.03. The molecule has 1 aliphatic rings. The van der Waals surface area contributed by atoms with E-state index in [9.17, 15) is 9.59 Å². The van der Waals surface area contributed by atoms with Crippen molar-refractivity contribution in [2.75, 3.05) is 10.8 Å². The number of allylic oxidation sites excluding steroid dienone is 1. The number of anilines is 1. The average molecular weight is 405 g/mol. The predicted molar refractivity (Wildman–Crippen MR) is 118 cm³/mol. The lowest BCUT2D eigenvalue weighted by atomic mass is 9.96. The minimum atomic E-state index is -0.269. The van der Waals surface area contributed by atoms with Gasteiger partial charge in [-0.1, -0.05) is 84.6 Å². The van der Waals surface area contributed by atoms with E-state index in [1.807, 2.05) is 41.3 Å². The summed E-state index contributed by atoms with van der Waals surface area (Å²) in [4.78, 5) is 29.8. The molecule has 28 heavy (non-hydrogen) atoms. The Morgan fingerprint density at radius 3 is 1.79 bits per heavy atom. The highest BCUT2D eigenvalue weighted by atomic mass is 32.2. The number of ketones is 2. The second-order valence-electron chi connectivity index (χ2n) is 6.23. The minimum Gasteiger partial charge on any atom is -0.291 e. The third-order valence-corrected chi connectivity index (χ3v) is 6.01. The summed E-state index contributed by atoms with van der Waals surface area (Å²) in [6.07, 6.45) is 0. The van der Waals surface area contributed by atoms with E-state index in [0.717, 1.165) is 10.6 Å². The van der Waals surface area contributed by atoms with Crippen molar-refractivity contribution in [2.24, 2.45) is 0 Å². The smallest absolute Gasteiger partial charge is 0.199 e. The van der Waals surface area contributed by atoms with Gasteiger partial charge in [0.1, 0.15) is 5.57 Å². The number of thioether (sulfide) groups is 1. The van der Waals surface area contributed by atoms with Crippen LogP contribution in [-0.2, 0) is 12.6 Å². The minimum absolute atomic E-state index is 0.192. The van der Waals surface area contributed by atoms with Gasteiger partial charge in [-0.25, -0.2) is 0 Å². The molecule has 0 bridgehead atoms. The van der Waals surface area contributed by atoms with Crippen LogP contribution in [0, 0.1) is 0 Å². The van der Waals surface area contributed by atoms with Gasteiger partial charge in [0.05, 0.1) is 10.7 Å². The first-order valence-electron chi connectivity index (χ1n) is 8.83. The third-order valence-electron chi connectivity index (χ3n) is 4.51. The van der Waals surface area contributed by atoms with E-state index in [0.29, 0.717) is 22.0 Å². The summed E-state index contributed by atoms with van der Waals surface area (Å²) in [7, 11) is 0. The fraction of sp³-hybridized carbons (Fsp3) is 0.0435. The van der Waals surface area contributed by atoms with E-state index >= 15 is 0 Å². The van der Waals surface area contributed by atoms with Gasteiger partial charge in [0.25, 0.3) is 0 Å². The first-order chi connectivity index (χ1) is 13.7. The van der Waals surface area contributed by atoms with Crippen LogP contribution in [0.4, 0.5) is 5.69 Å². The molecule has 0 aromatic heterocycles. The van der Waals surface area contributed by atoms with Crippen LogP contribution in [0.1, 0.15) is 20.7 Å². The molecule has 0 saturated heterocycles. The van der Waals surface area contributed by atoms with Crippen LogP contribution in [0.2, 0.25) is 0 Å². The quantitative estimate of drug-likeness (QED) is 0.206. The molecule has 0 spiro atoms. The number of hydrogen-bond acceptors (Lipinski definition) is 4. The van der Waals surface area contributed by atoms with Gasteiger partial charge in [0, 0.05) is 16.0 Å². The highest BCUT2D eigenvalue weighted by molar-refractivity contribution is 8.03. The van der Waals surface area contributed by atoms with Crippen LogP contribution in [0.25, 0.3) is 0 Å². The van der Waals surface area contributed by atoms with E-state index in [-0.39, 0.29) is 17.1 Å². The van der Waals surface area contributed by atoms with Crippen molar-refractivity contribution in [3.63, 3.8) is 0 Å². The fourth-order valence-electron chi connectivity index (χ4n) is 3.14. The summed E-state index contributed by atoms with van der Waals surface area (Å²) in [5.41, 5.74) is 2.17. The second kappa shape index (κ2) is 8.09. The molecule has 0 saturated carbocycles. The second-order valence-corrected chi connectivity index (χ2v) is 7.57. The maximum absolute atomic E-state index is 13.4. The number of nitrogens with zero attached hydrogens (tertiary/aromatic N) is 1. The molecule has 3 nitrogen and oxygen atoms in total. The Kier molecular flexibility index (Phi) is 5.37. The largest absolute Gasteiger partial charge is 0.291 e. The lowest BCUT2D eigenvalue weighted by Gasteiger charge is -2.18. The number of para-hydroxylation sites is 1. The zero-order chi connectivity index (χ0) is 19.5. The van der Waals surface area contributed by atoms with E-state index in [1.165, 1.54) is 11.8 Å². The molecule has 1 aliphatic heterocycles. The predicted octanol–water partition coefficient (Wildman–Crippen LogP) is 4.55. The Bertz CT molecular complexity index is 1010. The molecule has 0 atom stereocenters. The van der Waals surface area contributed by atoms with Crippen LogP contribution in [0.3, 0.4) is 0 Å². The third kappa shape index (κ3) is 3.39. The lowest BCUT2D eigenvalue weighted by Crippen LogP contribution is -2.24. The SMILES string of the molecule is O=C(C(C(=O)c1ccccc1)=C1Sc2ccccc2N1C[SH2+])c1ccccc1. The van der Waals surface area contributed by atoms with Gasteiger partial charge >= 0.3 is 0 Å². The van der Waals surface area contributed by atoms with Crippen molar-refractivity contribution in [1.82, 2.24) is 0 Å². The summed E-state index contributed by atoms with van der Waals surface area (Å²) < 4.78 is 0. The van der Waals surface area contributed by atoms with Crippen LogP contribution in [0.15, 0.2) is 100 Å². The van der Waals surface area contributed by atoms with Gasteiger partial charge in [-0.05, 0) is 24.8 Å². The van der Waals surface area contributed by atoms with Gasteiger partial charge in [-0.3, -0.25) is 14.5 Å². The Labute approximate surface area is 173 Å². The number of Topliss-reactive ketones (excluding diaryl/α,β-unsaturated/α-hetero) is 2. The van der Waals surface area contributed by atoms with Crippen molar-refractivity contribution in [2.45, 2.75) is 4.90 Å². The summed E-state index contributed by atoms with van der Waals surface area (Å²) in [6, 6.07) is 25.8. The van der Waals surface area contributed by atoms with E-state index in [1.54, 1.807) is 48.5 Å². The Hall–Kier alpha value is -2.76. The Morgan fingerprint density at radius 1 is 0.750 bits per heavy atom. The number of benzene rings is 3. The fourth-order valence-corrected chi connectivity index (χ4v) is 4.78. The first-order valence-corrected chi connectivity index (χ1v) is 10.4. The van der Waals surface area contributed by atoms with E-state index < -0.39 is 0 Å². The lowest BCUT2D eigenvalue weighted by molar-refractivity contribution is 0.0961. The number of carbonyl (C=O) groups excluding carboxylic acids is 2. The van der Waals surface area contributed by atoms with Gasteiger partial charge in [-0.15, -0.1) is 0 Å². The molecule has 0 N–H and O–H groups in total. The van der Waals surface area contributed by atoms with Crippen molar-refractivity contribution < 1.29 is 9.59 Å². The van der Waals surface area contributed by atoms with Crippen LogP contribution in [-0.4, -0.2) is 17.4 Å². The molecule has 0 amide bonds. The van der Waals surface area contributed by atoms with Crippen molar-refractivity contribution in [3.05, 3.63) is 107 Å². The van der Waals surface area contributed by atoms with Crippen molar-refractivity contribution >= 4 is 41.6 Å². The maximum Gasteiger partial charge on any atom is 0.199 e. The normalized spacial score (nSPS) is 12.6. The zero-order valence-corrected chi connectivity index (χ0v) is 16.8. The molecule has 138 valence electrons. The van der Waals surface area contributed by atoms with E-state index in [4.69, 9.17) is 0 Å². The summed E-state index contributed by atoms with van der Waals surface area (Å²) in [6.45, 7) is 0. The van der Waals surface area contributed by atoms with Crippen LogP contribution >= 0.6 is 11.8 Å². The molecule has 4 rings (SSSR count). The molecule has 0 aliphatic carbocycles. The molecular formula is C23H18NO2S2+. The van der Waals surface area contributed by atoms with Gasteiger partial charge in [0.15, 0.2) is 17.4 Å². The van der Waals surface area contributed by atoms with Crippen molar-refractivity contribution in [1.29, 1.82) is 0 Å². The molecule has 5 heteroatoms. The molecule has 0 unspecified atom stereocenters. The summed E-state index contributed by atoms with van der Waals surface area (Å²) in [5, 5.41) is 0.652. The van der Waals surface area contributed by atoms with Gasteiger partial charge in [-0.2, -0.15) is 0 Å². The van der Waals surface area contributed by atoms with E-state index in [2.05, 4.69) is 12.6 Å². The molecular weight excluding hydrogens is 386 g/mol. The van der Waals surface area contributed by atoms with Crippen molar-refractivity contribution in [3.8, 4) is 0 Å². The molecule has 3 aromatic rings. The van der Waals surface area contributed by atoms with Crippen LogP contribution < -0.4 is 4.90 Å². The monoisotopic (exact) mass is 404 g/mol. The van der Waals surface area contributed by atoms with Gasteiger partial charge in [0.2, 0.25) is 0 Å².